The van der Waals surface area contributed by atoms with E-state index in [1.807, 2.05) is 30.3 Å². The van der Waals surface area contributed by atoms with Gasteiger partial charge in [0.25, 0.3) is 0 Å². The fourth-order valence-electron chi connectivity index (χ4n) is 3.02. The van der Waals surface area contributed by atoms with Crippen molar-refractivity contribution in [2.75, 3.05) is 13.2 Å². The van der Waals surface area contributed by atoms with Crippen molar-refractivity contribution in [3.05, 3.63) is 35.9 Å². The van der Waals surface area contributed by atoms with E-state index >= 15 is 0 Å². The number of nitrogens with two attached hydrogens (primary N) is 8. The molecule has 0 unspecified atom stereocenters. The summed E-state index contributed by atoms with van der Waals surface area (Å²) in [6.07, 6.45) is 0.0372. The van der Waals surface area contributed by atoms with Crippen LogP contribution in [0.2, 0.25) is 0 Å². The molecule has 29 nitrogen and oxygen atoms in total. The summed E-state index contributed by atoms with van der Waals surface area (Å²) in [5, 5.41) is 84.4. The van der Waals surface area contributed by atoms with E-state index in [-0.39, 0.29) is 18.9 Å². The highest BCUT2D eigenvalue weighted by Gasteiger charge is 2.20. The van der Waals surface area contributed by atoms with Crippen molar-refractivity contribution in [3.8, 4) is 0 Å². The molecule has 2 rings (SSSR count). The molecule has 0 spiro atoms. The number of nitrogens with one attached hydrogen (secondary N) is 1. The molecular formula is C33H59N9O20. The molecule has 0 aliphatic carbocycles. The summed E-state index contributed by atoms with van der Waals surface area (Å²) < 4.78 is 0. The second kappa shape index (κ2) is 37.6. The van der Waals surface area contributed by atoms with E-state index in [0.717, 1.165) is 24.9 Å². The number of amides is 2. The number of hydrogen-bond donors (Lipinski definition) is 19. The Kier molecular flexibility index (Phi) is 39.2. The smallest absolute Gasteiger partial charge is 0.323 e. The first-order valence-corrected chi connectivity index (χ1v) is 17.3. The van der Waals surface area contributed by atoms with Crippen LogP contribution in [-0.4, -0.2) is 172 Å². The summed E-state index contributed by atoms with van der Waals surface area (Å²) in [6.45, 7) is 1.69. The minimum Gasteiger partial charge on any atom is -0.481 e. The third-order valence-electron chi connectivity index (χ3n) is 6.48. The first-order valence-electron chi connectivity index (χ1n) is 17.3. The lowest BCUT2D eigenvalue weighted by molar-refractivity contribution is -0.144. The van der Waals surface area contributed by atoms with Crippen LogP contribution >= 0.6 is 0 Å². The predicted molar refractivity (Wildman–Crippen MR) is 211 cm³/mol. The maximum Gasteiger partial charge on any atom is 0.323 e. The number of primary amides is 2. The Morgan fingerprint density at radius 1 is 0.597 bits per heavy atom. The van der Waals surface area contributed by atoms with Gasteiger partial charge in [-0.15, -0.1) is 0 Å². The van der Waals surface area contributed by atoms with Gasteiger partial charge in [0.1, 0.15) is 42.3 Å². The molecule has 2 amide bonds. The largest absolute Gasteiger partial charge is 0.481 e. The van der Waals surface area contributed by atoms with Gasteiger partial charge in [-0.05, 0) is 38.3 Å². The van der Waals surface area contributed by atoms with Crippen LogP contribution < -0.4 is 51.2 Å². The minimum absolute atomic E-state index is 0.269. The van der Waals surface area contributed by atoms with E-state index in [1.165, 1.54) is 6.92 Å². The number of aliphatic hydroxyl groups is 2. The molecule has 356 valence electrons. The first kappa shape index (κ1) is 64.7. The van der Waals surface area contributed by atoms with Gasteiger partial charge >= 0.3 is 47.8 Å². The molecule has 0 radical (unpaired) electrons. The third kappa shape index (κ3) is 43.1. The fraction of sp³-hybridized carbons (Fsp3) is 0.515. The van der Waals surface area contributed by atoms with Gasteiger partial charge < -0.3 is 102 Å². The Labute approximate surface area is 352 Å². The highest BCUT2D eigenvalue weighted by atomic mass is 16.4. The molecule has 1 heterocycles. The number of aliphatic hydroxyl groups excluding tert-OH is 2. The van der Waals surface area contributed by atoms with E-state index in [1.54, 1.807) is 0 Å². The summed E-state index contributed by atoms with van der Waals surface area (Å²) in [6, 6.07) is 2.37. The van der Waals surface area contributed by atoms with Gasteiger partial charge in [0.15, 0.2) is 0 Å². The average Bonchev–Trinajstić information content (AvgIpc) is 3.71. The van der Waals surface area contributed by atoms with Crippen molar-refractivity contribution in [2.45, 2.75) is 93.8 Å². The van der Waals surface area contributed by atoms with Crippen molar-refractivity contribution in [1.29, 1.82) is 0 Å². The van der Waals surface area contributed by atoms with Crippen LogP contribution in [0.5, 0.6) is 0 Å². The second-order valence-corrected chi connectivity index (χ2v) is 12.1. The van der Waals surface area contributed by atoms with E-state index < -0.39 is 115 Å². The van der Waals surface area contributed by atoms with Crippen molar-refractivity contribution in [2.24, 2.45) is 45.9 Å². The standard InChI is InChI=1S/C9H11NO2.C5H9NO2.2C4H8N2O3.C4H7NO4.C4H9NO3.C3H7NO3/c10-8(9(11)12)6-7-4-2-1-3-5-7;7-5(8)4-2-1-3-6-4;3*5-2(4(8)9)1-3(6)7;1-2(6)3(5)4(7)8;4-2(1-5)3(6)7/h1-5,8H,6,10H2,(H,11,12);4,6H,1-3H2,(H,7,8);2*2H,1,5H2,(H2,6,7)(H,8,9);2H,1,5H2,(H,6,7)(H,8,9);2-3,6H,5H2,1H3,(H,7,8);2,5H,1,4H2,(H,6,7)/t8-;4-;3*2-;2-,3+;2-/m0000010/s1. The van der Waals surface area contributed by atoms with Gasteiger partial charge in [-0.3, -0.25) is 47.9 Å². The molecule has 1 saturated heterocycles. The maximum atomic E-state index is 10.4. The Balaban J connectivity index is -0.000000205. The summed E-state index contributed by atoms with van der Waals surface area (Å²) >= 11 is 0. The lowest BCUT2D eigenvalue weighted by atomic mass is 10.1. The number of benzene rings is 1. The van der Waals surface area contributed by atoms with Gasteiger partial charge in [-0.25, -0.2) is 0 Å². The summed E-state index contributed by atoms with van der Waals surface area (Å²) in [5.41, 5.74) is 39.9. The van der Waals surface area contributed by atoms with E-state index in [2.05, 4.69) is 16.8 Å². The lowest BCUT2D eigenvalue weighted by Crippen LogP contribution is -2.39. The highest BCUT2D eigenvalue weighted by Crippen LogP contribution is 2.03. The fourth-order valence-corrected chi connectivity index (χ4v) is 3.02. The summed E-state index contributed by atoms with van der Waals surface area (Å²) in [4.78, 5) is 99.4. The van der Waals surface area contributed by atoms with Crippen LogP contribution in [0.15, 0.2) is 30.3 Å². The van der Waals surface area contributed by atoms with Crippen LogP contribution in [0.1, 0.15) is 44.6 Å². The number of carbonyl (C=O) groups excluding carboxylic acids is 2. The average molecular weight is 902 g/mol. The molecule has 1 aliphatic rings. The normalized spacial score (nSPS) is 15.3. The zero-order valence-corrected chi connectivity index (χ0v) is 33.3. The number of carboxylic acid groups (broad SMARTS) is 8. The molecule has 1 aromatic carbocycles. The van der Waals surface area contributed by atoms with Gasteiger partial charge in [0.2, 0.25) is 11.8 Å². The Morgan fingerprint density at radius 3 is 1.13 bits per heavy atom. The van der Waals surface area contributed by atoms with Gasteiger partial charge in [0.05, 0.1) is 32.0 Å². The molecule has 27 N–H and O–H groups in total. The van der Waals surface area contributed by atoms with Crippen LogP contribution in [-0.2, 0) is 54.4 Å². The van der Waals surface area contributed by atoms with Crippen LogP contribution in [0.3, 0.4) is 0 Å². The van der Waals surface area contributed by atoms with Gasteiger partial charge in [-0.2, -0.15) is 0 Å². The lowest BCUT2D eigenvalue weighted by Gasteiger charge is -2.06. The highest BCUT2D eigenvalue weighted by molar-refractivity contribution is 5.83. The molecule has 29 heteroatoms. The number of hydrogen-bond acceptors (Lipinski definition) is 19. The molecule has 1 aliphatic heterocycles. The quantitative estimate of drug-likeness (QED) is 0.0691. The Morgan fingerprint density at radius 2 is 0.968 bits per heavy atom. The van der Waals surface area contributed by atoms with Crippen LogP contribution in [0.4, 0.5) is 0 Å². The van der Waals surface area contributed by atoms with Crippen LogP contribution in [0.25, 0.3) is 0 Å². The van der Waals surface area contributed by atoms with Crippen LogP contribution in [0, 0.1) is 0 Å². The topological polar surface area (TPSA) is 593 Å². The second-order valence-electron chi connectivity index (χ2n) is 12.1. The number of rotatable bonds is 17. The van der Waals surface area contributed by atoms with E-state index in [4.69, 9.17) is 85.5 Å². The molecule has 0 aromatic heterocycles. The molecule has 62 heavy (non-hydrogen) atoms. The molecule has 0 saturated carbocycles. The molecule has 1 fully saturated rings. The van der Waals surface area contributed by atoms with E-state index in [0.29, 0.717) is 6.42 Å². The third-order valence-corrected chi connectivity index (χ3v) is 6.48. The molecule has 1 aromatic rings. The molecule has 8 atom stereocenters. The van der Waals surface area contributed by atoms with Crippen molar-refractivity contribution in [1.82, 2.24) is 5.32 Å². The Bertz CT molecular complexity index is 1440. The van der Waals surface area contributed by atoms with E-state index in [9.17, 15) is 47.9 Å². The SMILES string of the molecule is C[C@@H](O)[C@H](N)C(=O)O.NC(=O)C[C@H](N)C(=O)O.NC(=O)C[C@H](N)C(=O)O.N[C@@H](CC(=O)O)C(=O)O.N[C@@H](CO)C(=O)O.N[C@@H](Cc1ccccc1)C(=O)O.O=C(O)[C@@H]1CCCN1. The number of carbonyl (C=O) groups is 10. The van der Waals surface area contributed by atoms with Crippen molar-refractivity contribution < 1.29 is 99.0 Å². The van der Waals surface area contributed by atoms with Gasteiger partial charge in [0, 0.05) is 0 Å². The molecule has 0 bridgehead atoms. The van der Waals surface area contributed by atoms with Crippen molar-refractivity contribution in [3.63, 3.8) is 0 Å². The maximum absolute atomic E-state index is 10.4. The predicted octanol–water partition coefficient (Wildman–Crippen LogP) is -6.95. The first-order chi connectivity index (χ1) is 28.3. The molecular weight excluding hydrogens is 842 g/mol. The Hall–Kier alpha value is -6.44. The van der Waals surface area contributed by atoms with Crippen molar-refractivity contribution >= 4 is 59.6 Å². The summed E-state index contributed by atoms with van der Waals surface area (Å²) in [5.74, 6) is -10.4. The monoisotopic (exact) mass is 901 g/mol. The zero-order valence-electron chi connectivity index (χ0n) is 33.3. The number of aliphatic carboxylic acids is 8. The zero-order chi connectivity index (χ0) is 49.9. The number of carboxylic acids is 8. The minimum atomic E-state index is -1.29. The summed E-state index contributed by atoms with van der Waals surface area (Å²) in [7, 11) is 0. The van der Waals surface area contributed by atoms with Gasteiger partial charge in [-0.1, -0.05) is 30.3 Å².